The van der Waals surface area contributed by atoms with Gasteiger partial charge in [0.2, 0.25) is 0 Å². The first-order valence-electron chi connectivity index (χ1n) is 8.68. The van der Waals surface area contributed by atoms with Crippen LogP contribution in [0.3, 0.4) is 0 Å². The van der Waals surface area contributed by atoms with E-state index in [0.29, 0.717) is 0 Å². The average Bonchev–Trinajstić information content (AvgIpc) is 3.11. The molecular formula is C21H16N6. The lowest BCUT2D eigenvalue weighted by atomic mass is 10.2. The monoisotopic (exact) mass is 352 g/mol. The zero-order valence-electron chi connectivity index (χ0n) is 14.4. The summed E-state index contributed by atoms with van der Waals surface area (Å²) in [6, 6.07) is 18.4. The van der Waals surface area contributed by atoms with Gasteiger partial charge in [-0.1, -0.05) is 30.3 Å². The first kappa shape index (κ1) is 15.5. The second-order valence-corrected chi connectivity index (χ2v) is 6.30. The number of benzene rings is 2. The molecule has 0 bridgehead atoms. The Morgan fingerprint density at radius 2 is 1.85 bits per heavy atom. The Kier molecular flexibility index (Phi) is 3.72. The Labute approximate surface area is 155 Å². The van der Waals surface area contributed by atoms with E-state index < -0.39 is 0 Å². The lowest BCUT2D eigenvalue weighted by Gasteiger charge is -2.09. The third kappa shape index (κ3) is 2.97. The van der Waals surface area contributed by atoms with Gasteiger partial charge in [0.05, 0.1) is 29.2 Å². The minimum atomic E-state index is 0.740. The molecular weight excluding hydrogens is 336 g/mol. The predicted octanol–water partition coefficient (Wildman–Crippen LogP) is 4.17. The molecule has 0 fully saturated rings. The molecule has 130 valence electrons. The molecule has 5 rings (SSSR count). The van der Waals surface area contributed by atoms with Crippen LogP contribution in [0.1, 0.15) is 5.56 Å². The maximum atomic E-state index is 4.54. The lowest BCUT2D eigenvalue weighted by Crippen LogP contribution is -2.01. The quantitative estimate of drug-likeness (QED) is 0.526. The van der Waals surface area contributed by atoms with Gasteiger partial charge in [0.1, 0.15) is 12.1 Å². The molecule has 0 unspecified atom stereocenters. The van der Waals surface area contributed by atoms with Crippen molar-refractivity contribution in [1.82, 2.24) is 24.7 Å². The summed E-state index contributed by atoms with van der Waals surface area (Å²) in [5.41, 5.74) is 4.13. The van der Waals surface area contributed by atoms with Crippen molar-refractivity contribution in [2.75, 3.05) is 5.32 Å². The van der Waals surface area contributed by atoms with Crippen molar-refractivity contribution in [1.29, 1.82) is 0 Å². The fourth-order valence-electron chi connectivity index (χ4n) is 3.18. The van der Waals surface area contributed by atoms with E-state index in [1.54, 1.807) is 18.7 Å². The van der Waals surface area contributed by atoms with Crippen LogP contribution in [0.4, 0.5) is 11.5 Å². The van der Waals surface area contributed by atoms with Crippen molar-refractivity contribution in [3.63, 3.8) is 0 Å². The van der Waals surface area contributed by atoms with Gasteiger partial charge in [-0.3, -0.25) is 9.67 Å². The van der Waals surface area contributed by atoms with Crippen molar-refractivity contribution in [2.45, 2.75) is 6.54 Å². The molecule has 3 aromatic heterocycles. The van der Waals surface area contributed by atoms with Crippen LogP contribution in [0.2, 0.25) is 0 Å². The second-order valence-electron chi connectivity index (χ2n) is 6.30. The number of hydrogen-bond acceptors (Lipinski definition) is 5. The number of hydrogen-bond donors (Lipinski definition) is 1. The molecule has 5 aromatic rings. The number of nitrogens with one attached hydrogen (secondary N) is 1. The third-order valence-electron chi connectivity index (χ3n) is 4.52. The van der Waals surface area contributed by atoms with Crippen LogP contribution in [0.5, 0.6) is 0 Å². The summed E-state index contributed by atoms with van der Waals surface area (Å²) in [6.45, 7) is 0.749. The van der Waals surface area contributed by atoms with Crippen LogP contribution >= 0.6 is 0 Å². The summed E-state index contributed by atoms with van der Waals surface area (Å²) in [4.78, 5) is 12.8. The topological polar surface area (TPSA) is 68.5 Å². The highest BCUT2D eigenvalue weighted by Crippen LogP contribution is 2.25. The Hall–Kier alpha value is -3.80. The lowest BCUT2D eigenvalue weighted by molar-refractivity contribution is 0.712. The molecule has 0 aliphatic carbocycles. The van der Waals surface area contributed by atoms with Crippen molar-refractivity contribution in [3.05, 3.63) is 85.1 Å². The highest BCUT2D eigenvalue weighted by Gasteiger charge is 2.07. The molecule has 3 heterocycles. The molecule has 0 spiro atoms. The van der Waals surface area contributed by atoms with E-state index in [1.165, 1.54) is 5.56 Å². The predicted molar refractivity (Wildman–Crippen MR) is 106 cm³/mol. The zero-order valence-corrected chi connectivity index (χ0v) is 14.4. The summed E-state index contributed by atoms with van der Waals surface area (Å²) >= 11 is 0. The van der Waals surface area contributed by atoms with Gasteiger partial charge < -0.3 is 5.32 Å². The van der Waals surface area contributed by atoms with Gasteiger partial charge in [-0.05, 0) is 29.8 Å². The van der Waals surface area contributed by atoms with Crippen molar-refractivity contribution in [3.8, 4) is 0 Å². The maximum Gasteiger partial charge on any atom is 0.143 e. The Morgan fingerprint density at radius 3 is 2.78 bits per heavy atom. The van der Waals surface area contributed by atoms with Crippen LogP contribution in [-0.4, -0.2) is 24.7 Å². The summed E-state index contributed by atoms with van der Waals surface area (Å²) in [5.74, 6) is 0.740. The molecule has 2 aromatic carbocycles. The molecule has 0 amide bonds. The van der Waals surface area contributed by atoms with Gasteiger partial charge in [0, 0.05) is 23.5 Å². The zero-order chi connectivity index (χ0) is 18.1. The van der Waals surface area contributed by atoms with E-state index in [-0.39, 0.29) is 0 Å². The molecule has 0 saturated heterocycles. The number of nitrogens with zero attached hydrogens (tertiary/aromatic N) is 5. The Bertz CT molecular complexity index is 1220. The second kappa shape index (κ2) is 6.49. The van der Waals surface area contributed by atoms with E-state index in [9.17, 15) is 0 Å². The highest BCUT2D eigenvalue weighted by atomic mass is 15.3. The molecule has 6 nitrogen and oxygen atoms in total. The average molecular weight is 352 g/mol. The highest BCUT2D eigenvalue weighted by molar-refractivity contribution is 5.91. The summed E-state index contributed by atoms with van der Waals surface area (Å²) < 4.78 is 2.01. The van der Waals surface area contributed by atoms with Gasteiger partial charge >= 0.3 is 0 Å². The maximum absolute atomic E-state index is 4.54. The van der Waals surface area contributed by atoms with Gasteiger partial charge in [-0.25, -0.2) is 9.97 Å². The van der Waals surface area contributed by atoms with Gasteiger partial charge in [-0.15, -0.1) is 0 Å². The molecule has 0 aliphatic rings. The number of fused-ring (bicyclic) bond motifs is 2. The van der Waals surface area contributed by atoms with Crippen LogP contribution in [0.25, 0.3) is 21.8 Å². The smallest absolute Gasteiger partial charge is 0.143 e. The van der Waals surface area contributed by atoms with Crippen molar-refractivity contribution >= 4 is 33.3 Å². The summed E-state index contributed by atoms with van der Waals surface area (Å²) in [6.07, 6.45) is 6.95. The van der Waals surface area contributed by atoms with Crippen LogP contribution in [0, 0.1) is 0 Å². The van der Waals surface area contributed by atoms with E-state index in [1.807, 2.05) is 41.2 Å². The molecule has 6 heteroatoms. The number of pyridine rings is 1. The first-order chi connectivity index (χ1) is 13.4. The van der Waals surface area contributed by atoms with Gasteiger partial charge in [0.25, 0.3) is 0 Å². The standard InChI is InChI=1S/C21H16N6/c1-2-4-15(5-3-1)13-27-20-7-6-17(10-16(20)11-25-27)26-21-18-12-22-9-8-19(18)23-14-24-21/h1-12,14H,13H2,(H,23,24,26). The fraction of sp³-hybridized carbons (Fsp3) is 0.0476. The molecule has 0 aliphatic heterocycles. The van der Waals surface area contributed by atoms with E-state index in [0.717, 1.165) is 39.9 Å². The van der Waals surface area contributed by atoms with Crippen LogP contribution in [-0.2, 0) is 6.54 Å². The minimum Gasteiger partial charge on any atom is -0.340 e. The van der Waals surface area contributed by atoms with Crippen LogP contribution < -0.4 is 5.32 Å². The molecule has 1 N–H and O–H groups in total. The van der Waals surface area contributed by atoms with E-state index >= 15 is 0 Å². The Balaban J connectivity index is 1.47. The van der Waals surface area contributed by atoms with Gasteiger partial charge in [0.15, 0.2) is 0 Å². The summed E-state index contributed by atoms with van der Waals surface area (Å²) in [5, 5.41) is 9.88. The normalized spacial score (nSPS) is 11.1. The summed E-state index contributed by atoms with van der Waals surface area (Å²) in [7, 11) is 0. The van der Waals surface area contributed by atoms with Crippen molar-refractivity contribution < 1.29 is 0 Å². The molecule has 0 saturated carbocycles. The fourth-order valence-corrected chi connectivity index (χ4v) is 3.18. The van der Waals surface area contributed by atoms with E-state index in [4.69, 9.17) is 0 Å². The molecule has 27 heavy (non-hydrogen) atoms. The number of aromatic nitrogens is 5. The van der Waals surface area contributed by atoms with E-state index in [2.05, 4.69) is 49.6 Å². The molecule has 0 radical (unpaired) electrons. The SMILES string of the molecule is c1ccc(Cn2ncc3cc(Nc4ncnc5ccncc45)ccc32)cc1. The van der Waals surface area contributed by atoms with Crippen molar-refractivity contribution in [2.24, 2.45) is 0 Å². The first-order valence-corrected chi connectivity index (χ1v) is 8.68. The largest absolute Gasteiger partial charge is 0.340 e. The Morgan fingerprint density at radius 1 is 0.926 bits per heavy atom. The third-order valence-corrected chi connectivity index (χ3v) is 4.52. The molecule has 0 atom stereocenters. The number of rotatable bonds is 4. The van der Waals surface area contributed by atoms with Crippen LogP contribution in [0.15, 0.2) is 79.5 Å². The van der Waals surface area contributed by atoms with Gasteiger partial charge in [-0.2, -0.15) is 5.10 Å². The minimum absolute atomic E-state index is 0.740. The number of anilines is 2.